The number of rotatable bonds is 9. The summed E-state index contributed by atoms with van der Waals surface area (Å²) in [4.78, 5) is 23.6. The minimum atomic E-state index is -2.65. The molecule has 7 unspecified atom stereocenters. The number of ether oxygens (including phenoxy) is 4. The molecular weight excluding hydrogens is 454 g/mol. The number of hydrogen-bond acceptors (Lipinski definition) is 13. The summed E-state index contributed by atoms with van der Waals surface area (Å²) >= 11 is 0. The third-order valence-electron chi connectivity index (χ3n) is 5.57. The van der Waals surface area contributed by atoms with E-state index in [0.29, 0.717) is 0 Å². The molecule has 0 spiro atoms. The Bertz CT molecular complexity index is 679. The van der Waals surface area contributed by atoms with E-state index in [4.69, 9.17) is 24.1 Å². The first-order chi connectivity index (χ1) is 15.4. The fraction of sp³-hybridized carbons (Fsp3) is 0.889. The van der Waals surface area contributed by atoms with Crippen LogP contribution in [0.25, 0.3) is 0 Å². The van der Waals surface area contributed by atoms with Gasteiger partial charge in [0.05, 0.1) is 25.4 Å². The van der Waals surface area contributed by atoms with Crippen molar-refractivity contribution in [3.63, 3.8) is 0 Å². The van der Waals surface area contributed by atoms with Gasteiger partial charge in [-0.1, -0.05) is 0 Å². The normalized spacial score (nSPS) is 41.2. The number of aliphatic hydroxyl groups excluding tert-OH is 7. The maximum Gasteiger partial charge on any atom is 0.364 e. The highest BCUT2D eigenvalue weighted by atomic mass is 16.7. The molecule has 33 heavy (non-hydrogen) atoms. The lowest BCUT2D eigenvalue weighted by Crippen LogP contribution is -2.68. The molecule has 0 aliphatic carbocycles. The van der Waals surface area contributed by atoms with Gasteiger partial charge in [-0.2, -0.15) is 0 Å². The Morgan fingerprint density at radius 3 is 2.30 bits per heavy atom. The van der Waals surface area contributed by atoms with Crippen LogP contribution in [-0.2, 0) is 28.5 Å². The highest BCUT2D eigenvalue weighted by Gasteiger charge is 2.56. The zero-order chi connectivity index (χ0) is 25.1. The van der Waals surface area contributed by atoms with Crippen LogP contribution in [0.2, 0.25) is 0 Å². The molecule has 11 atom stereocenters. The number of carboxylic acids is 1. The first-order valence-electron chi connectivity index (χ1n) is 10.1. The first kappa shape index (κ1) is 27.7. The van der Waals surface area contributed by atoms with Crippen LogP contribution >= 0.6 is 0 Å². The van der Waals surface area contributed by atoms with E-state index >= 15 is 0 Å². The number of aliphatic hydroxyl groups is 7. The predicted molar refractivity (Wildman–Crippen MR) is 102 cm³/mol. The third kappa shape index (κ3) is 5.95. The van der Waals surface area contributed by atoms with Crippen LogP contribution < -0.4 is 5.32 Å². The minimum Gasteiger partial charge on any atom is -0.477 e. The smallest absolute Gasteiger partial charge is 0.364 e. The Morgan fingerprint density at radius 1 is 1.15 bits per heavy atom. The predicted octanol–water partition coefficient (Wildman–Crippen LogP) is -5.39. The van der Waals surface area contributed by atoms with Gasteiger partial charge in [0.1, 0.15) is 42.7 Å². The van der Waals surface area contributed by atoms with E-state index in [1.807, 2.05) is 0 Å². The van der Waals surface area contributed by atoms with Gasteiger partial charge >= 0.3 is 5.97 Å². The van der Waals surface area contributed by atoms with E-state index in [0.717, 1.165) is 14.0 Å². The largest absolute Gasteiger partial charge is 0.477 e. The van der Waals surface area contributed by atoms with E-state index in [9.17, 15) is 45.3 Å². The molecule has 0 saturated carbocycles. The Morgan fingerprint density at radius 2 is 1.79 bits per heavy atom. The minimum absolute atomic E-state index is 0.654. The molecule has 192 valence electrons. The zero-order valence-corrected chi connectivity index (χ0v) is 17.9. The standard InChI is InChI=1S/C18H31NO14/c1-6(21)19-10-7(22)3-18(17(28)29,33-15(10)11(24)8(23)4-20)31-5-9-12(25)13(26)14(27)16(30-2)32-9/h7-16,20,22-27H,3-5H2,1-2H3,(H,19,21)(H,28,29)/t7-,8+,9?,10?,11+,12?,13?,14?,15?,16?,18+/m0/s1. The van der Waals surface area contributed by atoms with Crippen LogP contribution in [0, 0.1) is 0 Å². The average Bonchev–Trinajstić information content (AvgIpc) is 2.77. The van der Waals surface area contributed by atoms with Crippen LogP contribution in [0.4, 0.5) is 0 Å². The number of methoxy groups -OCH3 is 1. The van der Waals surface area contributed by atoms with Gasteiger partial charge in [-0.15, -0.1) is 0 Å². The molecule has 9 N–H and O–H groups in total. The Balaban J connectivity index is 2.28. The lowest BCUT2D eigenvalue weighted by atomic mass is 9.88. The summed E-state index contributed by atoms with van der Waals surface area (Å²) in [5.41, 5.74) is 0. The lowest BCUT2D eigenvalue weighted by molar-refractivity contribution is -0.336. The van der Waals surface area contributed by atoms with Crippen LogP contribution in [0.5, 0.6) is 0 Å². The summed E-state index contributed by atoms with van der Waals surface area (Å²) in [5, 5.41) is 81.9. The van der Waals surface area contributed by atoms with Gasteiger partial charge in [0.15, 0.2) is 6.29 Å². The van der Waals surface area contributed by atoms with Crippen LogP contribution in [0.1, 0.15) is 13.3 Å². The van der Waals surface area contributed by atoms with Crippen LogP contribution in [0.3, 0.4) is 0 Å². The number of carbonyl (C=O) groups is 2. The van der Waals surface area contributed by atoms with E-state index in [-0.39, 0.29) is 0 Å². The highest BCUT2D eigenvalue weighted by molar-refractivity contribution is 5.76. The van der Waals surface area contributed by atoms with E-state index in [1.54, 1.807) is 0 Å². The molecule has 0 aromatic carbocycles. The van der Waals surface area contributed by atoms with Crippen molar-refractivity contribution in [1.82, 2.24) is 5.32 Å². The molecule has 0 radical (unpaired) electrons. The molecule has 15 heteroatoms. The van der Waals surface area contributed by atoms with E-state index < -0.39 is 98.5 Å². The topological polar surface area (TPSA) is 245 Å². The molecule has 2 fully saturated rings. The van der Waals surface area contributed by atoms with Crippen molar-refractivity contribution in [3.05, 3.63) is 0 Å². The molecule has 0 aromatic heterocycles. The monoisotopic (exact) mass is 485 g/mol. The van der Waals surface area contributed by atoms with Gasteiger partial charge in [0, 0.05) is 20.5 Å². The van der Waals surface area contributed by atoms with Gasteiger partial charge in [0.2, 0.25) is 5.91 Å². The molecular formula is C18H31NO14. The van der Waals surface area contributed by atoms with Crippen molar-refractivity contribution in [2.24, 2.45) is 0 Å². The second kappa shape index (κ2) is 11.3. The van der Waals surface area contributed by atoms with Gasteiger partial charge < -0.3 is 65.1 Å². The lowest BCUT2D eigenvalue weighted by Gasteiger charge is -2.47. The second-order valence-electron chi connectivity index (χ2n) is 7.94. The number of carboxylic acid groups (broad SMARTS) is 1. The fourth-order valence-electron chi connectivity index (χ4n) is 3.74. The molecule has 0 aromatic rings. The molecule has 15 nitrogen and oxygen atoms in total. The third-order valence-corrected chi connectivity index (χ3v) is 5.57. The van der Waals surface area contributed by atoms with Gasteiger partial charge in [-0.3, -0.25) is 4.79 Å². The summed E-state index contributed by atoms with van der Waals surface area (Å²) < 4.78 is 20.9. The second-order valence-corrected chi connectivity index (χ2v) is 7.94. The molecule has 2 heterocycles. The van der Waals surface area contributed by atoms with Gasteiger partial charge in [0.25, 0.3) is 5.79 Å². The van der Waals surface area contributed by atoms with Crippen molar-refractivity contribution in [2.45, 2.75) is 80.3 Å². The summed E-state index contributed by atoms with van der Waals surface area (Å²) in [6.45, 7) is -0.576. The quantitative estimate of drug-likeness (QED) is 0.148. The number of hydrogen-bond donors (Lipinski definition) is 9. The first-order valence-corrected chi connectivity index (χ1v) is 10.1. The Labute approximate surface area is 188 Å². The number of aliphatic carboxylic acids is 1. The van der Waals surface area contributed by atoms with Crippen LogP contribution in [0.15, 0.2) is 0 Å². The van der Waals surface area contributed by atoms with Gasteiger partial charge in [-0.05, 0) is 0 Å². The number of nitrogens with one attached hydrogen (secondary N) is 1. The Hall–Kier alpha value is -1.50. The van der Waals surface area contributed by atoms with Crippen molar-refractivity contribution >= 4 is 11.9 Å². The molecule has 2 aliphatic rings. The van der Waals surface area contributed by atoms with E-state index in [1.165, 1.54) is 0 Å². The summed E-state index contributed by atoms with van der Waals surface area (Å²) in [6, 6.07) is -1.37. The van der Waals surface area contributed by atoms with Crippen molar-refractivity contribution in [1.29, 1.82) is 0 Å². The zero-order valence-electron chi connectivity index (χ0n) is 17.9. The average molecular weight is 485 g/mol. The number of carbonyl (C=O) groups excluding carboxylic acids is 1. The van der Waals surface area contributed by atoms with Crippen molar-refractivity contribution < 1.29 is 69.4 Å². The van der Waals surface area contributed by atoms with Gasteiger partial charge in [-0.25, -0.2) is 4.79 Å². The van der Waals surface area contributed by atoms with Crippen LogP contribution in [-0.4, -0.2) is 140 Å². The maximum atomic E-state index is 12.1. The summed E-state index contributed by atoms with van der Waals surface area (Å²) in [6.07, 6.45) is -15.7. The molecule has 2 aliphatic heterocycles. The van der Waals surface area contributed by atoms with E-state index in [2.05, 4.69) is 5.32 Å². The fourth-order valence-corrected chi connectivity index (χ4v) is 3.74. The SMILES string of the molecule is COC1OC(CO[C@]2(C(=O)O)C[C@H](O)C(NC(C)=O)C([C@H](O)[C@H](O)CO)O2)C(O)C(O)C1O. The molecule has 1 amide bonds. The molecule has 0 bridgehead atoms. The molecule has 2 rings (SSSR count). The molecule has 2 saturated heterocycles. The number of amides is 1. The summed E-state index contributed by atoms with van der Waals surface area (Å²) in [7, 11) is 1.16. The Kier molecular flexibility index (Phi) is 9.49. The van der Waals surface area contributed by atoms with Crippen molar-refractivity contribution in [2.75, 3.05) is 20.3 Å². The highest BCUT2D eigenvalue weighted by Crippen LogP contribution is 2.34. The van der Waals surface area contributed by atoms with Crippen molar-refractivity contribution in [3.8, 4) is 0 Å². The summed E-state index contributed by atoms with van der Waals surface area (Å²) in [5.74, 6) is -5.06. The maximum absolute atomic E-state index is 12.1.